The van der Waals surface area contributed by atoms with Gasteiger partial charge in [0.25, 0.3) is 0 Å². The molecule has 0 spiro atoms. The van der Waals surface area contributed by atoms with Crippen LogP contribution < -0.4 is 9.47 Å². The summed E-state index contributed by atoms with van der Waals surface area (Å²) >= 11 is 11.9. The van der Waals surface area contributed by atoms with Crippen molar-refractivity contribution in [3.8, 4) is 17.2 Å². The van der Waals surface area contributed by atoms with Gasteiger partial charge in [-0.1, -0.05) is 23.7 Å². The van der Waals surface area contributed by atoms with Gasteiger partial charge in [0.15, 0.2) is 5.75 Å². The van der Waals surface area contributed by atoms with E-state index in [1.54, 1.807) is 24.3 Å². The Balaban J connectivity index is 2.41. The van der Waals surface area contributed by atoms with Gasteiger partial charge in [0, 0.05) is 5.56 Å². The number of alkyl halides is 1. The Labute approximate surface area is 131 Å². The number of ether oxygens (including phenoxy) is 2. The second-order valence-corrected chi connectivity index (χ2v) is 4.73. The van der Waals surface area contributed by atoms with Crippen LogP contribution in [0, 0.1) is 10.1 Å². The number of benzene rings is 2. The number of para-hydroxylation sites is 1. The first kappa shape index (κ1) is 15.4. The van der Waals surface area contributed by atoms with Gasteiger partial charge < -0.3 is 9.47 Å². The minimum absolute atomic E-state index is 0.157. The maximum absolute atomic E-state index is 11.0. The maximum Gasteiger partial charge on any atom is 0.314 e. The van der Waals surface area contributed by atoms with Crippen LogP contribution in [0.3, 0.4) is 0 Å². The van der Waals surface area contributed by atoms with Crippen molar-refractivity contribution in [1.29, 1.82) is 0 Å². The number of hydrogen-bond acceptors (Lipinski definition) is 4. The van der Waals surface area contributed by atoms with E-state index in [0.29, 0.717) is 16.3 Å². The first-order chi connectivity index (χ1) is 10.1. The van der Waals surface area contributed by atoms with Crippen LogP contribution in [-0.4, -0.2) is 12.0 Å². The van der Waals surface area contributed by atoms with Gasteiger partial charge in [-0.05, 0) is 18.2 Å². The fourth-order valence-electron chi connectivity index (χ4n) is 1.77. The first-order valence-electron chi connectivity index (χ1n) is 5.90. The highest BCUT2D eigenvalue weighted by molar-refractivity contribution is 6.32. The minimum Gasteiger partial charge on any atom is -0.490 e. The van der Waals surface area contributed by atoms with E-state index in [-0.39, 0.29) is 23.1 Å². The molecule has 21 heavy (non-hydrogen) atoms. The van der Waals surface area contributed by atoms with Gasteiger partial charge >= 0.3 is 5.69 Å². The number of halogens is 2. The lowest BCUT2D eigenvalue weighted by atomic mass is 10.2. The average molecular weight is 328 g/mol. The standard InChI is InChI=1S/C14H11Cl2NO4/c1-20-13-6-5-10(7-12(13)17(18)19)21-14-9(8-15)3-2-4-11(14)16/h2-7H,8H2,1H3. The first-order valence-corrected chi connectivity index (χ1v) is 6.81. The number of nitro benzene ring substituents is 1. The summed E-state index contributed by atoms with van der Waals surface area (Å²) in [6.07, 6.45) is 0. The van der Waals surface area contributed by atoms with Crippen LogP contribution in [0.5, 0.6) is 17.2 Å². The van der Waals surface area contributed by atoms with Gasteiger partial charge in [0.2, 0.25) is 0 Å². The van der Waals surface area contributed by atoms with E-state index in [9.17, 15) is 10.1 Å². The monoisotopic (exact) mass is 327 g/mol. The lowest BCUT2D eigenvalue weighted by Crippen LogP contribution is -1.95. The highest BCUT2D eigenvalue weighted by Crippen LogP contribution is 2.37. The molecule has 0 aliphatic heterocycles. The molecule has 0 fully saturated rings. The van der Waals surface area contributed by atoms with Crippen LogP contribution in [0.4, 0.5) is 5.69 Å². The van der Waals surface area contributed by atoms with Crippen molar-refractivity contribution in [3.05, 3.63) is 57.1 Å². The Morgan fingerprint density at radius 1 is 1.29 bits per heavy atom. The molecule has 0 aromatic heterocycles. The van der Waals surface area contributed by atoms with E-state index in [0.717, 1.165) is 0 Å². The summed E-state index contributed by atoms with van der Waals surface area (Å²) in [6.45, 7) is 0. The Morgan fingerprint density at radius 2 is 2.05 bits per heavy atom. The van der Waals surface area contributed by atoms with Gasteiger partial charge in [0.1, 0.15) is 11.5 Å². The summed E-state index contributed by atoms with van der Waals surface area (Å²) in [6, 6.07) is 9.48. The van der Waals surface area contributed by atoms with Gasteiger partial charge in [-0.15, -0.1) is 11.6 Å². The van der Waals surface area contributed by atoms with Crippen molar-refractivity contribution in [2.24, 2.45) is 0 Å². The Hall–Kier alpha value is -1.98. The summed E-state index contributed by atoms with van der Waals surface area (Å²) in [4.78, 5) is 10.5. The normalized spacial score (nSPS) is 10.2. The van der Waals surface area contributed by atoms with E-state index in [4.69, 9.17) is 32.7 Å². The molecule has 0 bridgehead atoms. The molecular weight excluding hydrogens is 317 g/mol. The maximum atomic E-state index is 11.0. The Kier molecular flexibility index (Phi) is 4.88. The quantitative estimate of drug-likeness (QED) is 0.450. The van der Waals surface area contributed by atoms with Crippen molar-refractivity contribution in [1.82, 2.24) is 0 Å². The van der Waals surface area contributed by atoms with Crippen molar-refractivity contribution in [3.63, 3.8) is 0 Å². The number of rotatable bonds is 5. The predicted molar refractivity (Wildman–Crippen MR) is 80.7 cm³/mol. The Bertz CT molecular complexity index is 676. The highest BCUT2D eigenvalue weighted by Gasteiger charge is 2.17. The third-order valence-corrected chi connectivity index (χ3v) is 3.34. The van der Waals surface area contributed by atoms with E-state index >= 15 is 0 Å². The van der Waals surface area contributed by atoms with E-state index in [1.165, 1.54) is 19.2 Å². The lowest BCUT2D eigenvalue weighted by molar-refractivity contribution is -0.385. The molecule has 0 N–H and O–H groups in total. The molecule has 0 atom stereocenters. The smallest absolute Gasteiger partial charge is 0.314 e. The van der Waals surface area contributed by atoms with Gasteiger partial charge in [-0.2, -0.15) is 0 Å². The van der Waals surface area contributed by atoms with Crippen LogP contribution in [0.15, 0.2) is 36.4 Å². The molecule has 0 unspecified atom stereocenters. The fourth-order valence-corrected chi connectivity index (χ4v) is 2.21. The molecule has 0 saturated carbocycles. The van der Waals surface area contributed by atoms with E-state index in [2.05, 4.69) is 0 Å². The topological polar surface area (TPSA) is 61.6 Å². The zero-order valence-electron chi connectivity index (χ0n) is 11.0. The van der Waals surface area contributed by atoms with E-state index in [1.807, 2.05) is 0 Å². The zero-order valence-corrected chi connectivity index (χ0v) is 12.5. The molecule has 0 aliphatic rings. The van der Waals surface area contributed by atoms with Crippen LogP contribution in [0.2, 0.25) is 5.02 Å². The molecule has 0 amide bonds. The highest BCUT2D eigenvalue weighted by atomic mass is 35.5. The largest absolute Gasteiger partial charge is 0.490 e. The van der Waals surface area contributed by atoms with Crippen molar-refractivity contribution in [2.45, 2.75) is 5.88 Å². The third-order valence-electron chi connectivity index (χ3n) is 2.76. The van der Waals surface area contributed by atoms with E-state index < -0.39 is 4.92 Å². The number of hydrogen-bond donors (Lipinski definition) is 0. The van der Waals surface area contributed by atoms with Crippen LogP contribution >= 0.6 is 23.2 Å². The van der Waals surface area contributed by atoms with Gasteiger partial charge in [-0.3, -0.25) is 10.1 Å². The zero-order chi connectivity index (χ0) is 15.4. The van der Waals surface area contributed by atoms with Gasteiger partial charge in [-0.25, -0.2) is 0 Å². The molecule has 7 heteroatoms. The molecule has 2 aromatic carbocycles. The van der Waals surface area contributed by atoms with Crippen molar-refractivity contribution < 1.29 is 14.4 Å². The van der Waals surface area contributed by atoms with Crippen LogP contribution in [0.1, 0.15) is 5.56 Å². The average Bonchev–Trinajstić information content (AvgIpc) is 2.49. The molecule has 0 saturated heterocycles. The Morgan fingerprint density at radius 3 is 2.67 bits per heavy atom. The molecule has 2 aromatic rings. The van der Waals surface area contributed by atoms with Crippen LogP contribution in [0.25, 0.3) is 0 Å². The van der Waals surface area contributed by atoms with Crippen LogP contribution in [-0.2, 0) is 5.88 Å². The minimum atomic E-state index is -0.541. The summed E-state index contributed by atoms with van der Waals surface area (Å²) < 4.78 is 10.6. The van der Waals surface area contributed by atoms with Gasteiger partial charge in [0.05, 0.1) is 29.0 Å². The third kappa shape index (κ3) is 3.37. The molecule has 0 heterocycles. The molecule has 5 nitrogen and oxygen atoms in total. The molecular formula is C14H11Cl2NO4. The summed E-state index contributed by atoms with van der Waals surface area (Å²) in [5, 5.41) is 11.4. The summed E-state index contributed by atoms with van der Waals surface area (Å²) in [5.41, 5.74) is 0.511. The second-order valence-electron chi connectivity index (χ2n) is 4.05. The molecule has 2 rings (SSSR count). The SMILES string of the molecule is COc1ccc(Oc2c(Cl)cccc2CCl)cc1[N+](=O)[O-]. The summed E-state index contributed by atoms with van der Waals surface area (Å²) in [5.74, 6) is 1.04. The number of nitrogens with zero attached hydrogens (tertiary/aromatic N) is 1. The molecule has 0 aliphatic carbocycles. The predicted octanol–water partition coefficient (Wildman–Crippen LogP) is 4.79. The number of methoxy groups -OCH3 is 1. The fraction of sp³-hybridized carbons (Fsp3) is 0.143. The molecule has 110 valence electrons. The lowest BCUT2D eigenvalue weighted by Gasteiger charge is -2.11. The molecule has 0 radical (unpaired) electrons. The second kappa shape index (κ2) is 6.65. The summed E-state index contributed by atoms with van der Waals surface area (Å²) in [7, 11) is 1.36. The van der Waals surface area contributed by atoms with Crippen molar-refractivity contribution >= 4 is 28.9 Å². The number of nitro groups is 1. The van der Waals surface area contributed by atoms with Crippen molar-refractivity contribution in [2.75, 3.05) is 7.11 Å².